The van der Waals surface area contributed by atoms with Crippen molar-refractivity contribution in [1.82, 2.24) is 0 Å². The van der Waals surface area contributed by atoms with Crippen LogP contribution in [0.5, 0.6) is 0 Å². The van der Waals surface area contributed by atoms with Gasteiger partial charge in [0.2, 0.25) is 0 Å². The van der Waals surface area contributed by atoms with E-state index >= 15 is 0 Å². The Hall–Kier alpha value is -1.75. The number of nitro benzene ring substituents is 1. The summed E-state index contributed by atoms with van der Waals surface area (Å²) in [4.78, 5) is 21.9. The molecule has 1 aromatic carbocycles. The Balaban J connectivity index is 2.67. The number of ether oxygens (including phenoxy) is 1. The zero-order chi connectivity index (χ0) is 13.7. The number of hydrogen-bond donors (Lipinski definition) is 0. The summed E-state index contributed by atoms with van der Waals surface area (Å²) in [5.41, 5.74) is 0.220. The third kappa shape index (κ3) is 3.92. The average Bonchev–Trinajstić information content (AvgIpc) is 2.35. The molecule has 0 radical (unpaired) electrons. The fourth-order valence-electron chi connectivity index (χ4n) is 1.28. The quantitative estimate of drug-likeness (QED) is 0.443. The summed E-state index contributed by atoms with van der Waals surface area (Å²) in [6.45, 7) is 5.84. The van der Waals surface area contributed by atoms with Gasteiger partial charge >= 0.3 is 0 Å². The number of nitro groups is 1. The maximum Gasteiger partial charge on any atom is 0.270 e. The lowest BCUT2D eigenvalue weighted by Gasteiger charge is -2.15. The summed E-state index contributed by atoms with van der Waals surface area (Å²) in [7, 11) is 0. The molecule has 1 unspecified atom stereocenters. The van der Waals surface area contributed by atoms with Crippen LogP contribution in [0.1, 0.15) is 31.1 Å². The summed E-state index contributed by atoms with van der Waals surface area (Å²) >= 11 is 0. The van der Waals surface area contributed by atoms with Gasteiger partial charge in [0.25, 0.3) is 5.69 Å². The number of hydrogen-bond acceptors (Lipinski definition) is 4. The van der Waals surface area contributed by atoms with Crippen LogP contribution in [0.15, 0.2) is 24.3 Å². The second-order valence-electron chi connectivity index (χ2n) is 4.49. The standard InChI is InChI=1S/C13H17NO4/c1-9(2)10(3)18-8-13(15)11-5-4-6-12(7-11)14(16)17/h4-7,9-10H,8H2,1-3H3. The average molecular weight is 251 g/mol. The van der Waals surface area contributed by atoms with E-state index in [1.165, 1.54) is 18.2 Å². The van der Waals surface area contributed by atoms with E-state index in [4.69, 9.17) is 4.74 Å². The normalized spacial score (nSPS) is 12.4. The SMILES string of the molecule is CC(C)C(C)OCC(=O)c1cccc([N+](=O)[O-])c1. The molecule has 18 heavy (non-hydrogen) atoms. The number of ketones is 1. The van der Waals surface area contributed by atoms with Crippen molar-refractivity contribution in [2.45, 2.75) is 26.9 Å². The highest BCUT2D eigenvalue weighted by Gasteiger charge is 2.14. The molecular formula is C13H17NO4. The Bertz CT molecular complexity index is 442. The minimum atomic E-state index is -0.519. The number of non-ortho nitro benzene ring substituents is 1. The van der Waals surface area contributed by atoms with Crippen molar-refractivity contribution in [3.8, 4) is 0 Å². The Labute approximate surface area is 106 Å². The van der Waals surface area contributed by atoms with E-state index in [0.29, 0.717) is 11.5 Å². The zero-order valence-corrected chi connectivity index (χ0v) is 10.8. The van der Waals surface area contributed by atoms with Gasteiger partial charge in [-0.15, -0.1) is 0 Å². The topological polar surface area (TPSA) is 69.4 Å². The van der Waals surface area contributed by atoms with E-state index in [-0.39, 0.29) is 24.2 Å². The molecule has 1 rings (SSSR count). The van der Waals surface area contributed by atoms with Gasteiger partial charge in [-0.05, 0) is 12.8 Å². The van der Waals surface area contributed by atoms with Gasteiger partial charge in [-0.1, -0.05) is 26.0 Å². The van der Waals surface area contributed by atoms with Crippen molar-refractivity contribution in [3.05, 3.63) is 39.9 Å². The first-order valence-corrected chi connectivity index (χ1v) is 5.81. The first kappa shape index (κ1) is 14.3. The molecule has 0 bridgehead atoms. The third-order valence-electron chi connectivity index (χ3n) is 2.80. The third-order valence-corrected chi connectivity index (χ3v) is 2.80. The molecule has 1 atom stereocenters. The fraction of sp³-hybridized carbons (Fsp3) is 0.462. The summed E-state index contributed by atoms with van der Waals surface area (Å²) in [5, 5.41) is 10.6. The van der Waals surface area contributed by atoms with Crippen molar-refractivity contribution in [2.24, 2.45) is 5.92 Å². The van der Waals surface area contributed by atoms with Gasteiger partial charge in [-0.3, -0.25) is 14.9 Å². The van der Waals surface area contributed by atoms with E-state index < -0.39 is 4.92 Å². The van der Waals surface area contributed by atoms with E-state index in [2.05, 4.69) is 0 Å². The molecule has 0 spiro atoms. The van der Waals surface area contributed by atoms with Crippen molar-refractivity contribution in [1.29, 1.82) is 0 Å². The van der Waals surface area contributed by atoms with Gasteiger partial charge in [-0.2, -0.15) is 0 Å². The number of Topliss-reactive ketones (excluding diaryl/α,β-unsaturated/α-hetero) is 1. The van der Waals surface area contributed by atoms with Gasteiger partial charge < -0.3 is 4.74 Å². The molecular weight excluding hydrogens is 234 g/mol. The van der Waals surface area contributed by atoms with Crippen LogP contribution in [0.25, 0.3) is 0 Å². The summed E-state index contributed by atoms with van der Waals surface area (Å²) in [6, 6.07) is 5.68. The van der Waals surface area contributed by atoms with E-state index in [9.17, 15) is 14.9 Å². The van der Waals surface area contributed by atoms with Crippen LogP contribution in [-0.4, -0.2) is 23.4 Å². The summed E-state index contributed by atoms with van der Waals surface area (Å²) in [6.07, 6.45) is -0.0207. The highest BCUT2D eigenvalue weighted by atomic mass is 16.6. The van der Waals surface area contributed by atoms with Crippen LogP contribution < -0.4 is 0 Å². The van der Waals surface area contributed by atoms with Crippen LogP contribution in [0.2, 0.25) is 0 Å². The molecule has 0 amide bonds. The molecule has 0 heterocycles. The smallest absolute Gasteiger partial charge is 0.270 e. The van der Waals surface area contributed by atoms with Crippen LogP contribution in [-0.2, 0) is 4.74 Å². The van der Waals surface area contributed by atoms with Crippen LogP contribution >= 0.6 is 0 Å². The Morgan fingerprint density at radius 2 is 2.06 bits per heavy atom. The number of nitrogens with zero attached hydrogens (tertiary/aromatic N) is 1. The monoisotopic (exact) mass is 251 g/mol. The molecule has 0 saturated heterocycles. The van der Waals surface area contributed by atoms with E-state index in [1.54, 1.807) is 6.07 Å². The molecule has 0 N–H and O–H groups in total. The lowest BCUT2D eigenvalue weighted by atomic mass is 10.1. The molecule has 0 aliphatic rings. The predicted octanol–water partition coefficient (Wildman–Crippen LogP) is 2.84. The Kier molecular flexibility index (Phi) is 4.97. The second-order valence-corrected chi connectivity index (χ2v) is 4.49. The number of rotatable bonds is 6. The molecule has 0 saturated carbocycles. The highest BCUT2D eigenvalue weighted by Crippen LogP contribution is 2.14. The lowest BCUT2D eigenvalue weighted by Crippen LogP contribution is -2.20. The van der Waals surface area contributed by atoms with Crippen LogP contribution in [0, 0.1) is 16.0 Å². The van der Waals surface area contributed by atoms with Crippen molar-refractivity contribution >= 4 is 11.5 Å². The van der Waals surface area contributed by atoms with Crippen molar-refractivity contribution < 1.29 is 14.5 Å². The summed E-state index contributed by atoms with van der Waals surface area (Å²) in [5.74, 6) is 0.0779. The van der Waals surface area contributed by atoms with Gasteiger partial charge in [0.05, 0.1) is 11.0 Å². The minimum absolute atomic E-state index is 0.0207. The molecule has 0 aromatic heterocycles. The Morgan fingerprint density at radius 3 is 2.61 bits per heavy atom. The largest absolute Gasteiger partial charge is 0.370 e. The first-order chi connectivity index (χ1) is 8.41. The molecule has 5 heteroatoms. The number of benzene rings is 1. The van der Waals surface area contributed by atoms with Gasteiger partial charge in [-0.25, -0.2) is 0 Å². The molecule has 0 aliphatic heterocycles. The minimum Gasteiger partial charge on any atom is -0.370 e. The Morgan fingerprint density at radius 1 is 1.39 bits per heavy atom. The van der Waals surface area contributed by atoms with E-state index in [1.807, 2.05) is 20.8 Å². The maximum absolute atomic E-state index is 11.8. The zero-order valence-electron chi connectivity index (χ0n) is 10.8. The number of carbonyl (C=O) groups excluding carboxylic acids is 1. The van der Waals surface area contributed by atoms with Crippen LogP contribution in [0.4, 0.5) is 5.69 Å². The summed E-state index contributed by atoms with van der Waals surface area (Å²) < 4.78 is 5.40. The maximum atomic E-state index is 11.8. The molecule has 5 nitrogen and oxygen atoms in total. The van der Waals surface area contributed by atoms with Gasteiger partial charge in [0.1, 0.15) is 6.61 Å². The molecule has 0 fully saturated rings. The van der Waals surface area contributed by atoms with E-state index in [0.717, 1.165) is 0 Å². The molecule has 98 valence electrons. The van der Waals surface area contributed by atoms with Gasteiger partial charge in [0.15, 0.2) is 5.78 Å². The predicted molar refractivity (Wildman–Crippen MR) is 67.7 cm³/mol. The van der Waals surface area contributed by atoms with Crippen molar-refractivity contribution in [3.63, 3.8) is 0 Å². The lowest BCUT2D eigenvalue weighted by molar-refractivity contribution is -0.384. The van der Waals surface area contributed by atoms with Crippen molar-refractivity contribution in [2.75, 3.05) is 6.61 Å². The fourth-order valence-corrected chi connectivity index (χ4v) is 1.28. The highest BCUT2D eigenvalue weighted by molar-refractivity contribution is 5.97. The van der Waals surface area contributed by atoms with Crippen LogP contribution in [0.3, 0.4) is 0 Å². The molecule has 0 aliphatic carbocycles. The number of carbonyl (C=O) groups is 1. The second kappa shape index (κ2) is 6.26. The first-order valence-electron chi connectivity index (χ1n) is 5.81. The van der Waals surface area contributed by atoms with Gasteiger partial charge in [0, 0.05) is 17.7 Å². The molecule has 1 aromatic rings.